The standard InChI is InChI=1S/C11H11NO2.H2O/c13-11(14)6-5-8-7-12-10-4-2-1-3-9(8)10;/h1-4,7,12H,5-6H2,(H,13,14);1H2. The number of rotatable bonds is 3. The predicted octanol–water partition coefficient (Wildman–Crippen LogP) is 1.36. The van der Waals surface area contributed by atoms with Gasteiger partial charge in [0, 0.05) is 23.5 Å². The summed E-state index contributed by atoms with van der Waals surface area (Å²) in [5.74, 6) is -0.754. The van der Waals surface area contributed by atoms with Crippen LogP contribution in [-0.2, 0) is 11.2 Å². The number of nitrogens with one attached hydrogen (secondary N) is 1. The minimum absolute atomic E-state index is 0. The van der Waals surface area contributed by atoms with E-state index in [4.69, 9.17) is 5.11 Å². The summed E-state index contributed by atoms with van der Waals surface area (Å²) in [4.78, 5) is 13.5. The van der Waals surface area contributed by atoms with E-state index in [9.17, 15) is 4.79 Å². The van der Waals surface area contributed by atoms with Crippen LogP contribution in [0.5, 0.6) is 0 Å². The molecule has 0 saturated heterocycles. The van der Waals surface area contributed by atoms with E-state index in [0.717, 1.165) is 16.5 Å². The third kappa shape index (κ3) is 2.35. The number of aryl methyl sites for hydroxylation is 1. The zero-order chi connectivity index (χ0) is 9.97. The van der Waals surface area contributed by atoms with E-state index in [2.05, 4.69) is 4.98 Å². The largest absolute Gasteiger partial charge is 0.481 e. The van der Waals surface area contributed by atoms with Crippen LogP contribution in [0.25, 0.3) is 10.9 Å². The number of para-hydroxylation sites is 1. The molecule has 2 aromatic rings. The molecular formula is C11H13NO3. The molecule has 1 aromatic carbocycles. The van der Waals surface area contributed by atoms with E-state index < -0.39 is 5.97 Å². The maximum absolute atomic E-state index is 10.4. The SMILES string of the molecule is O.O=C(O)CCc1c[nH]c2ccccc12. The maximum Gasteiger partial charge on any atom is 0.303 e. The highest BCUT2D eigenvalue weighted by molar-refractivity contribution is 5.83. The van der Waals surface area contributed by atoms with Gasteiger partial charge in [0.05, 0.1) is 0 Å². The molecule has 0 aliphatic carbocycles. The first-order chi connectivity index (χ1) is 6.77. The second kappa shape index (κ2) is 4.61. The van der Waals surface area contributed by atoms with Crippen molar-refractivity contribution < 1.29 is 15.4 Å². The zero-order valence-corrected chi connectivity index (χ0v) is 8.16. The Morgan fingerprint density at radius 1 is 1.33 bits per heavy atom. The van der Waals surface area contributed by atoms with Gasteiger partial charge in [-0.1, -0.05) is 18.2 Å². The summed E-state index contributed by atoms with van der Waals surface area (Å²) < 4.78 is 0. The van der Waals surface area contributed by atoms with Crippen molar-refractivity contribution >= 4 is 16.9 Å². The third-order valence-electron chi connectivity index (χ3n) is 2.28. The zero-order valence-electron chi connectivity index (χ0n) is 8.16. The Hall–Kier alpha value is -1.81. The molecule has 0 aliphatic heterocycles. The van der Waals surface area contributed by atoms with Crippen molar-refractivity contribution in [3.8, 4) is 0 Å². The molecule has 0 amide bonds. The molecule has 1 aromatic heterocycles. The first-order valence-electron chi connectivity index (χ1n) is 4.54. The minimum atomic E-state index is -0.754. The second-order valence-electron chi connectivity index (χ2n) is 3.25. The van der Waals surface area contributed by atoms with Crippen molar-refractivity contribution in [2.45, 2.75) is 12.8 Å². The normalized spacial score (nSPS) is 9.87. The lowest BCUT2D eigenvalue weighted by Crippen LogP contribution is -1.96. The van der Waals surface area contributed by atoms with E-state index in [1.165, 1.54) is 0 Å². The highest BCUT2D eigenvalue weighted by Crippen LogP contribution is 2.18. The van der Waals surface area contributed by atoms with Gasteiger partial charge in [0.25, 0.3) is 0 Å². The number of H-pyrrole nitrogens is 1. The number of carboxylic acid groups (broad SMARTS) is 1. The van der Waals surface area contributed by atoms with Crippen molar-refractivity contribution in [3.05, 3.63) is 36.0 Å². The first kappa shape index (κ1) is 11.3. The van der Waals surface area contributed by atoms with Crippen LogP contribution in [0.4, 0.5) is 0 Å². The molecule has 4 N–H and O–H groups in total. The number of fused-ring (bicyclic) bond motifs is 1. The lowest BCUT2D eigenvalue weighted by Gasteiger charge is -1.95. The lowest BCUT2D eigenvalue weighted by molar-refractivity contribution is -0.136. The highest BCUT2D eigenvalue weighted by atomic mass is 16.4. The Kier molecular flexibility index (Phi) is 3.46. The lowest BCUT2D eigenvalue weighted by atomic mass is 10.1. The Balaban J connectivity index is 0.00000112. The summed E-state index contributed by atoms with van der Waals surface area (Å²) in [7, 11) is 0. The van der Waals surface area contributed by atoms with Crippen LogP contribution in [0, 0.1) is 0 Å². The number of carbonyl (C=O) groups is 1. The number of hydrogen-bond donors (Lipinski definition) is 2. The number of hydrogen-bond acceptors (Lipinski definition) is 1. The van der Waals surface area contributed by atoms with E-state index in [0.29, 0.717) is 6.42 Å². The van der Waals surface area contributed by atoms with Crippen LogP contribution >= 0.6 is 0 Å². The molecule has 4 nitrogen and oxygen atoms in total. The Morgan fingerprint density at radius 2 is 2.07 bits per heavy atom. The summed E-state index contributed by atoms with van der Waals surface area (Å²) in [6.07, 6.45) is 2.65. The molecule has 0 aliphatic rings. The van der Waals surface area contributed by atoms with E-state index in [1.807, 2.05) is 30.5 Å². The van der Waals surface area contributed by atoms with Crippen LogP contribution in [0.2, 0.25) is 0 Å². The summed E-state index contributed by atoms with van der Waals surface area (Å²) in [5.41, 5.74) is 2.14. The summed E-state index contributed by atoms with van der Waals surface area (Å²) in [6, 6.07) is 7.91. The number of aromatic amines is 1. The van der Waals surface area contributed by atoms with Crippen molar-refractivity contribution in [1.82, 2.24) is 4.98 Å². The van der Waals surface area contributed by atoms with Gasteiger partial charge in [-0.15, -0.1) is 0 Å². The molecule has 0 radical (unpaired) electrons. The monoisotopic (exact) mass is 207 g/mol. The van der Waals surface area contributed by atoms with Crippen LogP contribution < -0.4 is 0 Å². The van der Waals surface area contributed by atoms with E-state index in [1.54, 1.807) is 0 Å². The van der Waals surface area contributed by atoms with Crippen molar-refractivity contribution in [1.29, 1.82) is 0 Å². The molecule has 0 unspecified atom stereocenters. The van der Waals surface area contributed by atoms with Gasteiger partial charge < -0.3 is 15.6 Å². The van der Waals surface area contributed by atoms with Gasteiger partial charge in [0.15, 0.2) is 0 Å². The molecule has 0 fully saturated rings. The van der Waals surface area contributed by atoms with Crippen LogP contribution in [-0.4, -0.2) is 21.5 Å². The molecule has 0 spiro atoms. The summed E-state index contributed by atoms with van der Waals surface area (Å²) in [5, 5.41) is 9.69. The van der Waals surface area contributed by atoms with Gasteiger partial charge >= 0.3 is 5.97 Å². The quantitative estimate of drug-likeness (QED) is 0.796. The van der Waals surface area contributed by atoms with Gasteiger partial charge in [-0.2, -0.15) is 0 Å². The third-order valence-corrected chi connectivity index (χ3v) is 2.28. The number of aromatic nitrogens is 1. The fourth-order valence-corrected chi connectivity index (χ4v) is 1.58. The first-order valence-corrected chi connectivity index (χ1v) is 4.54. The Morgan fingerprint density at radius 3 is 2.80 bits per heavy atom. The molecule has 15 heavy (non-hydrogen) atoms. The molecule has 4 heteroatoms. The van der Waals surface area contributed by atoms with Gasteiger partial charge in [0.1, 0.15) is 0 Å². The topological polar surface area (TPSA) is 84.6 Å². The molecule has 80 valence electrons. The fraction of sp³-hybridized carbons (Fsp3) is 0.182. The molecular weight excluding hydrogens is 194 g/mol. The van der Waals surface area contributed by atoms with Gasteiger partial charge in [-0.05, 0) is 18.1 Å². The predicted molar refractivity (Wildman–Crippen MR) is 57.9 cm³/mol. The maximum atomic E-state index is 10.4. The van der Waals surface area contributed by atoms with Gasteiger partial charge in [-0.3, -0.25) is 4.79 Å². The van der Waals surface area contributed by atoms with Crippen molar-refractivity contribution in [2.75, 3.05) is 0 Å². The van der Waals surface area contributed by atoms with E-state index in [-0.39, 0.29) is 11.9 Å². The second-order valence-corrected chi connectivity index (χ2v) is 3.25. The summed E-state index contributed by atoms with van der Waals surface area (Å²) in [6.45, 7) is 0. The van der Waals surface area contributed by atoms with Gasteiger partial charge in [0.2, 0.25) is 0 Å². The Bertz CT molecular complexity index is 462. The van der Waals surface area contributed by atoms with Crippen LogP contribution in [0.15, 0.2) is 30.5 Å². The minimum Gasteiger partial charge on any atom is -0.481 e. The number of carboxylic acids is 1. The molecule has 0 bridgehead atoms. The smallest absolute Gasteiger partial charge is 0.303 e. The molecule has 0 atom stereocenters. The summed E-state index contributed by atoms with van der Waals surface area (Å²) >= 11 is 0. The van der Waals surface area contributed by atoms with Gasteiger partial charge in [-0.25, -0.2) is 0 Å². The highest BCUT2D eigenvalue weighted by Gasteiger charge is 2.04. The average Bonchev–Trinajstić information content (AvgIpc) is 2.58. The number of aliphatic carboxylic acids is 1. The van der Waals surface area contributed by atoms with Crippen LogP contribution in [0.1, 0.15) is 12.0 Å². The molecule has 1 heterocycles. The average molecular weight is 207 g/mol. The molecule has 0 saturated carbocycles. The fourth-order valence-electron chi connectivity index (χ4n) is 1.58. The Labute approximate surface area is 86.9 Å². The number of benzene rings is 1. The van der Waals surface area contributed by atoms with Crippen LogP contribution in [0.3, 0.4) is 0 Å². The van der Waals surface area contributed by atoms with Crippen molar-refractivity contribution in [3.63, 3.8) is 0 Å². The van der Waals surface area contributed by atoms with Crippen molar-refractivity contribution in [2.24, 2.45) is 0 Å². The van der Waals surface area contributed by atoms with E-state index >= 15 is 0 Å². The molecule has 2 rings (SSSR count).